The van der Waals surface area contributed by atoms with Crippen LogP contribution in [0.2, 0.25) is 0 Å². The molecule has 3 aromatic rings. The van der Waals surface area contributed by atoms with E-state index in [-0.39, 0.29) is 0 Å². The topological polar surface area (TPSA) is 29.1 Å². The first-order chi connectivity index (χ1) is 10.9. The van der Waals surface area contributed by atoms with E-state index in [1.165, 1.54) is 18.2 Å². The van der Waals surface area contributed by atoms with E-state index in [1.54, 1.807) is 18.2 Å². The number of anilines is 1. The third-order valence-electron chi connectivity index (χ3n) is 3.48. The molecule has 0 atom stereocenters. The van der Waals surface area contributed by atoms with Gasteiger partial charge in [0.25, 0.3) is 5.91 Å². The molecule has 2 nitrogen and oxygen atoms in total. The molecule has 0 radical (unpaired) electrons. The number of hydrogen-bond donors (Lipinski definition) is 1. The summed E-state index contributed by atoms with van der Waals surface area (Å²) in [5.74, 6) is -0.784. The zero-order chi connectivity index (χ0) is 16.4. The predicted octanol–water partition coefficient (Wildman–Crippen LogP) is 5.11. The van der Waals surface area contributed by atoms with Crippen molar-refractivity contribution in [2.75, 3.05) is 5.32 Å². The van der Waals surface area contributed by atoms with E-state index in [9.17, 15) is 18.0 Å². The maximum absolute atomic E-state index is 13.0. The Balaban J connectivity index is 1.92. The van der Waals surface area contributed by atoms with Crippen LogP contribution in [0.15, 0.2) is 66.7 Å². The molecule has 0 saturated heterocycles. The highest BCUT2D eigenvalue weighted by Crippen LogP contribution is 2.32. The number of amides is 1. The smallest absolute Gasteiger partial charge is 0.322 e. The Kier molecular flexibility index (Phi) is 3.78. The summed E-state index contributed by atoms with van der Waals surface area (Å²) in [6.07, 6.45) is -4.57. The van der Waals surface area contributed by atoms with Gasteiger partial charge < -0.3 is 5.32 Å². The van der Waals surface area contributed by atoms with E-state index in [0.717, 1.165) is 16.8 Å². The van der Waals surface area contributed by atoms with Gasteiger partial charge in [0.1, 0.15) is 0 Å². The summed E-state index contributed by atoms with van der Waals surface area (Å²) in [5.41, 5.74) is -0.892. The molecule has 0 fully saturated rings. The third kappa shape index (κ3) is 3.18. The van der Waals surface area contributed by atoms with Gasteiger partial charge in [0, 0.05) is 5.69 Å². The van der Waals surface area contributed by atoms with Crippen LogP contribution >= 0.6 is 0 Å². The molecule has 23 heavy (non-hydrogen) atoms. The van der Waals surface area contributed by atoms with Gasteiger partial charge in [0.2, 0.25) is 0 Å². The Morgan fingerprint density at radius 3 is 2.22 bits per heavy atom. The summed E-state index contributed by atoms with van der Waals surface area (Å²) in [4.78, 5) is 12.2. The van der Waals surface area contributed by atoms with Gasteiger partial charge in [0.05, 0.1) is 11.1 Å². The summed E-state index contributed by atoms with van der Waals surface area (Å²) in [6, 6.07) is 17.5. The highest BCUT2D eigenvalue weighted by atomic mass is 19.4. The molecule has 0 unspecified atom stereocenters. The minimum Gasteiger partial charge on any atom is -0.322 e. The highest BCUT2D eigenvalue weighted by Gasteiger charge is 2.34. The summed E-state index contributed by atoms with van der Waals surface area (Å²) in [5, 5.41) is 4.41. The molecule has 0 aliphatic carbocycles. The molecule has 3 rings (SSSR count). The quantitative estimate of drug-likeness (QED) is 0.699. The number of benzene rings is 3. The molecular formula is C18H12F3NO. The van der Waals surface area contributed by atoms with Crippen LogP contribution in [-0.4, -0.2) is 5.91 Å². The first kappa shape index (κ1) is 15.1. The van der Waals surface area contributed by atoms with Crippen molar-refractivity contribution in [3.8, 4) is 0 Å². The van der Waals surface area contributed by atoms with Crippen LogP contribution in [-0.2, 0) is 6.18 Å². The van der Waals surface area contributed by atoms with Crippen LogP contribution < -0.4 is 5.32 Å². The van der Waals surface area contributed by atoms with E-state index >= 15 is 0 Å². The lowest BCUT2D eigenvalue weighted by atomic mass is 10.1. The number of halogens is 3. The Labute approximate surface area is 130 Å². The van der Waals surface area contributed by atoms with Gasteiger partial charge in [-0.2, -0.15) is 13.2 Å². The molecule has 3 aromatic carbocycles. The highest BCUT2D eigenvalue weighted by molar-refractivity contribution is 6.06. The Bertz CT molecular complexity index is 871. The number of nitrogens with one attached hydrogen (secondary N) is 1. The van der Waals surface area contributed by atoms with E-state index in [2.05, 4.69) is 5.32 Å². The molecule has 0 aliphatic heterocycles. The first-order valence-corrected chi connectivity index (χ1v) is 6.91. The molecule has 0 heterocycles. The average molecular weight is 315 g/mol. The molecule has 5 heteroatoms. The lowest BCUT2D eigenvalue weighted by Gasteiger charge is -2.13. The van der Waals surface area contributed by atoms with Gasteiger partial charge in [-0.3, -0.25) is 4.79 Å². The van der Waals surface area contributed by atoms with Crippen molar-refractivity contribution in [2.24, 2.45) is 0 Å². The number of rotatable bonds is 2. The minimum absolute atomic E-state index is 0.395. The summed E-state index contributed by atoms with van der Waals surface area (Å²) < 4.78 is 38.9. The van der Waals surface area contributed by atoms with Gasteiger partial charge in [-0.25, -0.2) is 0 Å². The fourth-order valence-corrected chi connectivity index (χ4v) is 2.39. The number of hydrogen-bond acceptors (Lipinski definition) is 1. The van der Waals surface area contributed by atoms with Crippen LogP contribution in [0, 0.1) is 0 Å². The molecule has 116 valence electrons. The lowest BCUT2D eigenvalue weighted by Crippen LogP contribution is -2.18. The summed E-state index contributed by atoms with van der Waals surface area (Å²) in [6.45, 7) is 0. The SMILES string of the molecule is O=C(Nc1ccc2ccccc2c1)c1ccccc1C(F)(F)F. The van der Waals surface area contributed by atoms with E-state index in [1.807, 2.05) is 24.3 Å². The van der Waals surface area contributed by atoms with Crippen LogP contribution in [0.4, 0.5) is 18.9 Å². The van der Waals surface area contributed by atoms with Gasteiger partial charge in [0.15, 0.2) is 0 Å². The van der Waals surface area contributed by atoms with Crippen molar-refractivity contribution in [1.29, 1.82) is 0 Å². The lowest BCUT2D eigenvalue weighted by molar-refractivity contribution is -0.137. The second kappa shape index (κ2) is 5.76. The van der Waals surface area contributed by atoms with Crippen molar-refractivity contribution in [3.63, 3.8) is 0 Å². The van der Waals surface area contributed by atoms with E-state index in [4.69, 9.17) is 0 Å². The number of alkyl halides is 3. The molecule has 1 N–H and O–H groups in total. The van der Waals surface area contributed by atoms with Gasteiger partial charge in [-0.1, -0.05) is 42.5 Å². The van der Waals surface area contributed by atoms with Crippen LogP contribution in [0.5, 0.6) is 0 Å². The molecular weight excluding hydrogens is 303 g/mol. The second-order valence-electron chi connectivity index (χ2n) is 5.06. The van der Waals surface area contributed by atoms with Crippen LogP contribution in [0.1, 0.15) is 15.9 Å². The van der Waals surface area contributed by atoms with Crippen molar-refractivity contribution in [1.82, 2.24) is 0 Å². The first-order valence-electron chi connectivity index (χ1n) is 6.91. The maximum Gasteiger partial charge on any atom is 0.417 e. The molecule has 0 aliphatic rings. The Morgan fingerprint density at radius 1 is 0.826 bits per heavy atom. The summed E-state index contributed by atoms with van der Waals surface area (Å²) >= 11 is 0. The molecule has 0 bridgehead atoms. The number of carbonyl (C=O) groups excluding carboxylic acids is 1. The molecule has 1 amide bonds. The fourth-order valence-electron chi connectivity index (χ4n) is 2.39. The molecule has 0 spiro atoms. The van der Waals surface area contributed by atoms with Crippen molar-refractivity contribution >= 4 is 22.4 Å². The second-order valence-corrected chi connectivity index (χ2v) is 5.06. The average Bonchev–Trinajstić information content (AvgIpc) is 2.54. The van der Waals surface area contributed by atoms with E-state index < -0.39 is 23.2 Å². The van der Waals surface area contributed by atoms with E-state index in [0.29, 0.717) is 5.69 Å². The maximum atomic E-state index is 13.0. The standard InChI is InChI=1S/C18H12F3NO/c19-18(20,21)16-8-4-3-7-15(16)17(23)22-14-10-9-12-5-1-2-6-13(12)11-14/h1-11H,(H,22,23). The zero-order valence-corrected chi connectivity index (χ0v) is 11.9. The molecule has 0 saturated carbocycles. The number of fused-ring (bicyclic) bond motifs is 1. The van der Waals surface area contributed by atoms with Crippen LogP contribution in [0.25, 0.3) is 10.8 Å². The van der Waals surface area contributed by atoms with Crippen molar-refractivity contribution in [3.05, 3.63) is 77.9 Å². The summed E-state index contributed by atoms with van der Waals surface area (Å²) in [7, 11) is 0. The monoisotopic (exact) mass is 315 g/mol. The normalized spacial score (nSPS) is 11.4. The Hall–Kier alpha value is -2.82. The number of carbonyl (C=O) groups is 1. The predicted molar refractivity (Wildman–Crippen MR) is 83.3 cm³/mol. The zero-order valence-electron chi connectivity index (χ0n) is 11.9. The van der Waals surface area contributed by atoms with Crippen LogP contribution in [0.3, 0.4) is 0 Å². The molecule has 0 aromatic heterocycles. The Morgan fingerprint density at radius 2 is 1.48 bits per heavy atom. The van der Waals surface area contributed by atoms with Gasteiger partial charge in [-0.15, -0.1) is 0 Å². The van der Waals surface area contributed by atoms with Gasteiger partial charge >= 0.3 is 6.18 Å². The third-order valence-corrected chi connectivity index (χ3v) is 3.48. The fraction of sp³-hybridized carbons (Fsp3) is 0.0556. The van der Waals surface area contributed by atoms with Crippen molar-refractivity contribution < 1.29 is 18.0 Å². The largest absolute Gasteiger partial charge is 0.417 e. The van der Waals surface area contributed by atoms with Gasteiger partial charge in [-0.05, 0) is 35.0 Å². The minimum atomic E-state index is -4.57. The van der Waals surface area contributed by atoms with Crippen molar-refractivity contribution in [2.45, 2.75) is 6.18 Å².